The lowest BCUT2D eigenvalue weighted by atomic mass is 10.0. The Labute approximate surface area is 137 Å². The highest BCUT2D eigenvalue weighted by Gasteiger charge is 2.56. The number of anilines is 1. The summed E-state index contributed by atoms with van der Waals surface area (Å²) in [6.07, 6.45) is -2.94. The minimum atomic E-state index is -4.43. The molecule has 8 heteroatoms. The lowest BCUT2D eigenvalue weighted by Gasteiger charge is -2.16. The lowest BCUT2D eigenvalue weighted by Crippen LogP contribution is -2.40. The second-order valence-corrected chi connectivity index (χ2v) is 5.71. The van der Waals surface area contributed by atoms with Crippen LogP contribution in [0.3, 0.4) is 0 Å². The molecule has 132 valence electrons. The summed E-state index contributed by atoms with van der Waals surface area (Å²) in [5.74, 6) is -0.852. The summed E-state index contributed by atoms with van der Waals surface area (Å²) < 4.78 is 42.4. The predicted octanol–water partition coefficient (Wildman–Crippen LogP) is 2.58. The number of hydrogen-bond donors (Lipinski definition) is 2. The average molecular weight is 344 g/mol. The van der Waals surface area contributed by atoms with Crippen molar-refractivity contribution in [1.82, 2.24) is 5.32 Å². The van der Waals surface area contributed by atoms with Crippen molar-refractivity contribution >= 4 is 17.5 Å². The number of alkyl halides is 3. The number of carbonyl (C=O) groups excluding carboxylic acids is 2. The summed E-state index contributed by atoms with van der Waals surface area (Å²) >= 11 is 0. The van der Waals surface area contributed by atoms with E-state index in [1.54, 1.807) is 7.11 Å². The van der Waals surface area contributed by atoms with Gasteiger partial charge in [0.1, 0.15) is 5.41 Å². The van der Waals surface area contributed by atoms with Crippen LogP contribution in [-0.2, 0) is 20.5 Å². The number of amides is 2. The molecular weight excluding hydrogens is 325 g/mol. The van der Waals surface area contributed by atoms with Crippen molar-refractivity contribution in [2.45, 2.75) is 25.4 Å². The Bertz CT molecular complexity index is 596. The first kappa shape index (κ1) is 18.3. The van der Waals surface area contributed by atoms with Crippen LogP contribution in [0.2, 0.25) is 0 Å². The number of rotatable bonds is 7. The number of methoxy groups -OCH3 is 1. The van der Waals surface area contributed by atoms with Gasteiger partial charge in [-0.25, -0.2) is 0 Å². The molecule has 0 bridgehead atoms. The minimum absolute atomic E-state index is 0.228. The number of carbonyl (C=O) groups is 2. The van der Waals surface area contributed by atoms with E-state index in [0.29, 0.717) is 32.4 Å². The highest BCUT2D eigenvalue weighted by molar-refractivity contribution is 6.13. The predicted molar refractivity (Wildman–Crippen MR) is 81.2 cm³/mol. The number of nitrogens with one attached hydrogen (secondary N) is 2. The molecule has 0 radical (unpaired) electrons. The molecule has 0 aromatic heterocycles. The molecule has 2 amide bonds. The van der Waals surface area contributed by atoms with Crippen molar-refractivity contribution in [2.75, 3.05) is 25.6 Å². The second kappa shape index (κ2) is 7.21. The molecule has 0 saturated heterocycles. The summed E-state index contributed by atoms with van der Waals surface area (Å²) in [7, 11) is 1.56. The Balaban J connectivity index is 1.93. The van der Waals surface area contributed by atoms with E-state index < -0.39 is 23.1 Å². The van der Waals surface area contributed by atoms with Crippen LogP contribution in [0.25, 0.3) is 0 Å². The molecule has 2 N–H and O–H groups in total. The molecule has 2 rings (SSSR count). The van der Waals surface area contributed by atoms with E-state index in [9.17, 15) is 22.8 Å². The Kier molecular flexibility index (Phi) is 5.48. The lowest BCUT2D eigenvalue weighted by molar-refractivity contribution is -0.137. The Morgan fingerprint density at radius 1 is 1.17 bits per heavy atom. The van der Waals surface area contributed by atoms with Crippen molar-refractivity contribution in [2.24, 2.45) is 5.41 Å². The van der Waals surface area contributed by atoms with Gasteiger partial charge in [0.25, 0.3) is 0 Å². The molecule has 0 spiro atoms. The first-order valence-electron chi connectivity index (χ1n) is 7.55. The SMILES string of the molecule is COCCCNC(=O)C1(C(=O)Nc2ccc(C(F)(F)F)cc2)CC1. The summed E-state index contributed by atoms with van der Waals surface area (Å²) in [6, 6.07) is 4.13. The molecule has 0 heterocycles. The summed E-state index contributed by atoms with van der Waals surface area (Å²) in [5.41, 5.74) is -1.68. The van der Waals surface area contributed by atoms with Crippen molar-refractivity contribution in [3.05, 3.63) is 29.8 Å². The third-order valence-electron chi connectivity index (χ3n) is 3.90. The van der Waals surface area contributed by atoms with E-state index in [4.69, 9.17) is 4.74 Å². The van der Waals surface area contributed by atoms with Gasteiger partial charge >= 0.3 is 6.18 Å². The molecule has 1 aliphatic rings. The standard InChI is InChI=1S/C16H19F3N2O3/c1-24-10-2-9-20-13(22)15(7-8-15)14(23)21-12-5-3-11(4-6-12)16(17,18)19/h3-6H,2,7-10H2,1H3,(H,20,22)(H,21,23). The fourth-order valence-electron chi connectivity index (χ4n) is 2.26. The first-order chi connectivity index (χ1) is 11.3. The van der Waals surface area contributed by atoms with E-state index in [0.717, 1.165) is 12.1 Å². The molecule has 0 unspecified atom stereocenters. The van der Waals surface area contributed by atoms with Gasteiger partial charge in [-0.1, -0.05) is 0 Å². The highest BCUT2D eigenvalue weighted by atomic mass is 19.4. The third-order valence-corrected chi connectivity index (χ3v) is 3.90. The van der Waals surface area contributed by atoms with Crippen LogP contribution in [0, 0.1) is 5.41 Å². The number of benzene rings is 1. The first-order valence-corrected chi connectivity index (χ1v) is 7.55. The number of halogens is 3. The zero-order valence-corrected chi connectivity index (χ0v) is 13.2. The topological polar surface area (TPSA) is 67.4 Å². The van der Waals surface area contributed by atoms with Gasteiger partial charge in [0.15, 0.2) is 0 Å². The smallest absolute Gasteiger partial charge is 0.385 e. The van der Waals surface area contributed by atoms with Gasteiger partial charge in [-0.15, -0.1) is 0 Å². The maximum absolute atomic E-state index is 12.5. The summed E-state index contributed by atoms with van der Waals surface area (Å²) in [4.78, 5) is 24.4. The molecule has 5 nitrogen and oxygen atoms in total. The van der Waals surface area contributed by atoms with Crippen LogP contribution in [0.1, 0.15) is 24.8 Å². The van der Waals surface area contributed by atoms with E-state index >= 15 is 0 Å². The Hall–Kier alpha value is -2.09. The Morgan fingerprint density at radius 2 is 1.79 bits per heavy atom. The fourth-order valence-corrected chi connectivity index (χ4v) is 2.26. The van der Waals surface area contributed by atoms with E-state index in [1.165, 1.54) is 12.1 Å². The van der Waals surface area contributed by atoms with Gasteiger partial charge in [0, 0.05) is 25.9 Å². The molecule has 1 aliphatic carbocycles. The van der Waals surface area contributed by atoms with Crippen LogP contribution in [0.5, 0.6) is 0 Å². The second-order valence-electron chi connectivity index (χ2n) is 5.71. The number of ether oxygens (including phenoxy) is 1. The van der Waals surface area contributed by atoms with E-state index in [2.05, 4.69) is 10.6 Å². The maximum atomic E-state index is 12.5. The van der Waals surface area contributed by atoms with Gasteiger partial charge in [-0.05, 0) is 43.5 Å². The van der Waals surface area contributed by atoms with Gasteiger partial charge in [-0.2, -0.15) is 13.2 Å². The maximum Gasteiger partial charge on any atom is 0.416 e. The zero-order chi connectivity index (χ0) is 17.8. The van der Waals surface area contributed by atoms with Crippen molar-refractivity contribution in [1.29, 1.82) is 0 Å². The zero-order valence-electron chi connectivity index (χ0n) is 13.2. The highest BCUT2D eigenvalue weighted by Crippen LogP contribution is 2.46. The van der Waals surface area contributed by atoms with Crippen LogP contribution < -0.4 is 10.6 Å². The largest absolute Gasteiger partial charge is 0.416 e. The molecule has 0 aliphatic heterocycles. The van der Waals surface area contributed by atoms with E-state index in [-0.39, 0.29) is 11.6 Å². The molecule has 1 aromatic rings. The van der Waals surface area contributed by atoms with Crippen molar-refractivity contribution in [3.63, 3.8) is 0 Å². The van der Waals surface area contributed by atoms with Crippen molar-refractivity contribution < 1.29 is 27.5 Å². The monoisotopic (exact) mass is 344 g/mol. The third kappa shape index (κ3) is 4.25. The van der Waals surface area contributed by atoms with E-state index in [1.807, 2.05) is 0 Å². The molecule has 1 fully saturated rings. The Morgan fingerprint density at radius 3 is 2.29 bits per heavy atom. The quantitative estimate of drug-likeness (QED) is 0.590. The molecule has 24 heavy (non-hydrogen) atoms. The fraction of sp³-hybridized carbons (Fsp3) is 0.500. The van der Waals surface area contributed by atoms with Crippen molar-refractivity contribution in [3.8, 4) is 0 Å². The molecule has 1 aromatic carbocycles. The van der Waals surface area contributed by atoms with Crippen LogP contribution in [0.15, 0.2) is 24.3 Å². The van der Waals surface area contributed by atoms with Crippen LogP contribution in [-0.4, -0.2) is 32.1 Å². The van der Waals surface area contributed by atoms with Gasteiger partial charge in [0.2, 0.25) is 11.8 Å². The van der Waals surface area contributed by atoms with Crippen LogP contribution in [0.4, 0.5) is 18.9 Å². The van der Waals surface area contributed by atoms with Gasteiger partial charge < -0.3 is 15.4 Å². The van der Waals surface area contributed by atoms with Gasteiger partial charge in [-0.3, -0.25) is 9.59 Å². The minimum Gasteiger partial charge on any atom is -0.385 e. The van der Waals surface area contributed by atoms with Gasteiger partial charge in [0.05, 0.1) is 5.56 Å². The average Bonchev–Trinajstić information content (AvgIpc) is 3.33. The molecule has 0 atom stereocenters. The normalized spacial score (nSPS) is 15.7. The number of hydrogen-bond acceptors (Lipinski definition) is 3. The summed E-state index contributed by atoms with van der Waals surface area (Å²) in [5, 5.41) is 5.20. The summed E-state index contributed by atoms with van der Waals surface area (Å²) in [6.45, 7) is 0.910. The van der Waals surface area contributed by atoms with Crippen LogP contribution >= 0.6 is 0 Å². The molecule has 1 saturated carbocycles. The molecular formula is C16H19F3N2O3.